The molecule has 0 aliphatic heterocycles. The van der Waals surface area contributed by atoms with Gasteiger partial charge in [-0.2, -0.15) is 0 Å². The minimum atomic E-state index is -0.275. The molecule has 1 amide bonds. The Bertz CT molecular complexity index is 390. The van der Waals surface area contributed by atoms with E-state index in [-0.39, 0.29) is 11.4 Å². The Hall–Kier alpha value is -1.35. The molecule has 0 heterocycles. The highest BCUT2D eigenvalue weighted by Crippen LogP contribution is 2.12. The highest BCUT2D eigenvalue weighted by atomic mass is 16.1. The Morgan fingerprint density at radius 3 is 2.24 bits per heavy atom. The van der Waals surface area contributed by atoms with Crippen molar-refractivity contribution in [3.8, 4) is 0 Å². The van der Waals surface area contributed by atoms with E-state index in [0.717, 1.165) is 6.54 Å². The first-order valence-corrected chi connectivity index (χ1v) is 5.89. The fourth-order valence-corrected chi connectivity index (χ4v) is 2.01. The SMILES string of the molecule is Cc1cc(C)cc(CNC(C)(C)CC(N)=O)c1. The van der Waals surface area contributed by atoms with Crippen molar-refractivity contribution < 1.29 is 4.79 Å². The maximum atomic E-state index is 10.9. The first kappa shape index (κ1) is 13.7. The maximum Gasteiger partial charge on any atom is 0.219 e. The summed E-state index contributed by atoms with van der Waals surface area (Å²) < 4.78 is 0. The first-order valence-electron chi connectivity index (χ1n) is 5.89. The van der Waals surface area contributed by atoms with Gasteiger partial charge >= 0.3 is 0 Å². The van der Waals surface area contributed by atoms with Gasteiger partial charge in [0.05, 0.1) is 0 Å². The Kier molecular flexibility index (Phi) is 4.29. The van der Waals surface area contributed by atoms with Crippen LogP contribution >= 0.6 is 0 Å². The predicted octanol–water partition coefficient (Wildman–Crippen LogP) is 2.05. The third kappa shape index (κ3) is 5.00. The van der Waals surface area contributed by atoms with Crippen LogP contribution in [0.2, 0.25) is 0 Å². The third-order valence-corrected chi connectivity index (χ3v) is 2.67. The topological polar surface area (TPSA) is 55.1 Å². The molecule has 94 valence electrons. The van der Waals surface area contributed by atoms with E-state index in [9.17, 15) is 4.79 Å². The van der Waals surface area contributed by atoms with Crippen molar-refractivity contribution in [1.82, 2.24) is 5.32 Å². The lowest BCUT2D eigenvalue weighted by Gasteiger charge is -2.25. The molecule has 1 aromatic rings. The monoisotopic (exact) mass is 234 g/mol. The molecule has 3 N–H and O–H groups in total. The summed E-state index contributed by atoms with van der Waals surface area (Å²) in [6.07, 6.45) is 0.345. The number of hydrogen-bond acceptors (Lipinski definition) is 2. The van der Waals surface area contributed by atoms with Crippen LogP contribution in [0.25, 0.3) is 0 Å². The standard InChI is InChI=1S/C14H22N2O/c1-10-5-11(2)7-12(6-10)9-16-14(3,4)8-13(15)17/h5-7,16H,8-9H2,1-4H3,(H2,15,17). The molecule has 1 aromatic carbocycles. The molecule has 0 radical (unpaired) electrons. The van der Waals surface area contributed by atoms with Crippen molar-refractivity contribution >= 4 is 5.91 Å². The lowest BCUT2D eigenvalue weighted by Crippen LogP contribution is -2.42. The van der Waals surface area contributed by atoms with Crippen LogP contribution in [0.1, 0.15) is 37.0 Å². The van der Waals surface area contributed by atoms with Crippen molar-refractivity contribution in [2.45, 2.75) is 46.2 Å². The molecule has 1 rings (SSSR count). The summed E-state index contributed by atoms with van der Waals surface area (Å²) >= 11 is 0. The zero-order valence-corrected chi connectivity index (χ0v) is 11.1. The van der Waals surface area contributed by atoms with Gasteiger partial charge in [-0.3, -0.25) is 4.79 Å². The summed E-state index contributed by atoms with van der Waals surface area (Å²) in [6, 6.07) is 6.46. The van der Waals surface area contributed by atoms with Gasteiger partial charge in [0.1, 0.15) is 0 Å². The van der Waals surface area contributed by atoms with Crippen LogP contribution < -0.4 is 11.1 Å². The van der Waals surface area contributed by atoms with Crippen molar-refractivity contribution in [3.63, 3.8) is 0 Å². The molecule has 0 aliphatic rings. The Morgan fingerprint density at radius 1 is 1.24 bits per heavy atom. The number of rotatable bonds is 5. The zero-order valence-electron chi connectivity index (χ0n) is 11.1. The normalized spacial score (nSPS) is 11.5. The minimum absolute atomic E-state index is 0.260. The molecule has 3 heteroatoms. The van der Waals surface area contributed by atoms with E-state index in [1.54, 1.807) is 0 Å². The van der Waals surface area contributed by atoms with Crippen LogP contribution in [0.4, 0.5) is 0 Å². The highest BCUT2D eigenvalue weighted by Gasteiger charge is 2.19. The van der Waals surface area contributed by atoms with Gasteiger partial charge in [-0.25, -0.2) is 0 Å². The summed E-state index contributed by atoms with van der Waals surface area (Å²) in [5.41, 5.74) is 8.71. The number of primary amides is 1. The number of carbonyl (C=O) groups is 1. The number of amides is 1. The van der Waals surface area contributed by atoms with Crippen LogP contribution in [0.5, 0.6) is 0 Å². The lowest BCUT2D eigenvalue weighted by atomic mass is 9.99. The molecule has 0 unspecified atom stereocenters. The van der Waals surface area contributed by atoms with E-state index < -0.39 is 0 Å². The van der Waals surface area contributed by atoms with Crippen LogP contribution in [0, 0.1) is 13.8 Å². The molecule has 0 aliphatic carbocycles. The van der Waals surface area contributed by atoms with Gasteiger partial charge in [-0.15, -0.1) is 0 Å². The molecule has 3 nitrogen and oxygen atoms in total. The molecule has 17 heavy (non-hydrogen) atoms. The van der Waals surface area contributed by atoms with Gasteiger partial charge in [0.15, 0.2) is 0 Å². The second-order valence-corrected chi connectivity index (χ2v) is 5.38. The van der Waals surface area contributed by atoms with Gasteiger partial charge in [0.25, 0.3) is 0 Å². The summed E-state index contributed by atoms with van der Waals surface area (Å²) in [4.78, 5) is 10.9. The molecular formula is C14H22N2O. The Labute approximate surface area is 103 Å². The van der Waals surface area contributed by atoms with E-state index >= 15 is 0 Å². The van der Waals surface area contributed by atoms with Gasteiger partial charge in [-0.1, -0.05) is 29.3 Å². The van der Waals surface area contributed by atoms with E-state index in [4.69, 9.17) is 5.73 Å². The molecule has 0 saturated heterocycles. The predicted molar refractivity (Wildman–Crippen MR) is 70.6 cm³/mol. The zero-order chi connectivity index (χ0) is 13.1. The third-order valence-electron chi connectivity index (χ3n) is 2.67. The lowest BCUT2D eigenvalue weighted by molar-refractivity contribution is -0.119. The number of carbonyl (C=O) groups excluding carboxylic acids is 1. The van der Waals surface area contributed by atoms with Crippen molar-refractivity contribution in [3.05, 3.63) is 34.9 Å². The summed E-state index contributed by atoms with van der Waals surface area (Å²) in [6.45, 7) is 8.90. The van der Waals surface area contributed by atoms with Gasteiger partial charge < -0.3 is 11.1 Å². The number of aryl methyl sites for hydroxylation is 2. The summed E-state index contributed by atoms with van der Waals surface area (Å²) in [7, 11) is 0. The van der Waals surface area contributed by atoms with E-state index in [1.807, 2.05) is 13.8 Å². The Balaban J connectivity index is 2.63. The number of nitrogens with two attached hydrogens (primary N) is 1. The fourth-order valence-electron chi connectivity index (χ4n) is 2.01. The van der Waals surface area contributed by atoms with Crippen molar-refractivity contribution in [1.29, 1.82) is 0 Å². The van der Waals surface area contributed by atoms with E-state index in [2.05, 4.69) is 37.4 Å². The molecule has 0 aromatic heterocycles. The second kappa shape index (κ2) is 5.32. The molecular weight excluding hydrogens is 212 g/mol. The van der Waals surface area contributed by atoms with Crippen LogP contribution in [0.3, 0.4) is 0 Å². The van der Waals surface area contributed by atoms with Crippen molar-refractivity contribution in [2.24, 2.45) is 5.73 Å². The molecule has 0 saturated carbocycles. The Morgan fingerprint density at radius 2 is 1.76 bits per heavy atom. The second-order valence-electron chi connectivity index (χ2n) is 5.38. The van der Waals surface area contributed by atoms with E-state index in [1.165, 1.54) is 16.7 Å². The number of nitrogens with one attached hydrogen (secondary N) is 1. The average Bonchev–Trinajstić information content (AvgIpc) is 2.11. The van der Waals surface area contributed by atoms with E-state index in [0.29, 0.717) is 6.42 Å². The van der Waals surface area contributed by atoms with Crippen LogP contribution in [-0.4, -0.2) is 11.4 Å². The number of hydrogen-bond donors (Lipinski definition) is 2. The maximum absolute atomic E-state index is 10.9. The van der Waals surface area contributed by atoms with Crippen LogP contribution in [0.15, 0.2) is 18.2 Å². The molecule has 0 bridgehead atoms. The average molecular weight is 234 g/mol. The number of benzene rings is 1. The summed E-state index contributed by atoms with van der Waals surface area (Å²) in [5, 5.41) is 3.36. The summed E-state index contributed by atoms with van der Waals surface area (Å²) in [5.74, 6) is -0.275. The largest absolute Gasteiger partial charge is 0.370 e. The minimum Gasteiger partial charge on any atom is -0.370 e. The van der Waals surface area contributed by atoms with Gasteiger partial charge in [0.2, 0.25) is 5.91 Å². The molecule has 0 atom stereocenters. The van der Waals surface area contributed by atoms with Gasteiger partial charge in [-0.05, 0) is 33.3 Å². The smallest absolute Gasteiger partial charge is 0.219 e. The van der Waals surface area contributed by atoms with Crippen LogP contribution in [-0.2, 0) is 11.3 Å². The highest BCUT2D eigenvalue weighted by molar-refractivity contribution is 5.74. The molecule has 0 fully saturated rings. The fraction of sp³-hybridized carbons (Fsp3) is 0.500. The quantitative estimate of drug-likeness (QED) is 0.819. The van der Waals surface area contributed by atoms with Gasteiger partial charge in [0, 0.05) is 18.5 Å². The van der Waals surface area contributed by atoms with Crippen molar-refractivity contribution in [2.75, 3.05) is 0 Å². The first-order chi connectivity index (χ1) is 7.78. The molecule has 0 spiro atoms.